The summed E-state index contributed by atoms with van der Waals surface area (Å²) in [7, 11) is 0. The number of nitrogens with zero attached hydrogens (tertiary/aromatic N) is 4. The Morgan fingerprint density at radius 2 is 2.00 bits per heavy atom. The minimum Gasteiger partial charge on any atom is -0.399 e. The van der Waals surface area contributed by atoms with E-state index in [2.05, 4.69) is 53.1 Å². The second kappa shape index (κ2) is 8.86. The standard InChI is InChI=1S/C22H29N5/c1-6-25-21-16-19(17(2)15-20(21)18(3)24)7-8-22(4,5)27-13-11-26(10-9-23)12-14-27/h6,15-16H,3,10-14,24H2,1-2,4-5H3. The van der Waals surface area contributed by atoms with Crippen molar-refractivity contribution in [2.45, 2.75) is 33.2 Å². The van der Waals surface area contributed by atoms with Gasteiger partial charge in [-0.05, 0) is 45.4 Å². The highest BCUT2D eigenvalue weighted by Crippen LogP contribution is 2.27. The van der Waals surface area contributed by atoms with E-state index in [1.165, 1.54) is 0 Å². The van der Waals surface area contributed by atoms with Gasteiger partial charge in [0.2, 0.25) is 0 Å². The summed E-state index contributed by atoms with van der Waals surface area (Å²) in [6.07, 6.45) is 1.75. The van der Waals surface area contributed by atoms with Crippen LogP contribution in [0.5, 0.6) is 0 Å². The zero-order valence-electron chi connectivity index (χ0n) is 16.8. The average molecular weight is 364 g/mol. The Bertz CT molecular complexity index is 825. The van der Waals surface area contributed by atoms with Gasteiger partial charge in [0.05, 0.1) is 23.8 Å². The van der Waals surface area contributed by atoms with Crippen molar-refractivity contribution in [2.75, 3.05) is 32.7 Å². The molecule has 1 saturated heterocycles. The van der Waals surface area contributed by atoms with E-state index in [1.54, 1.807) is 6.21 Å². The maximum Gasteiger partial charge on any atom is 0.0866 e. The van der Waals surface area contributed by atoms with Crippen molar-refractivity contribution >= 4 is 17.6 Å². The van der Waals surface area contributed by atoms with Gasteiger partial charge in [-0.2, -0.15) is 5.26 Å². The number of aliphatic imine (C=N–C) groups is 1. The van der Waals surface area contributed by atoms with Gasteiger partial charge in [0, 0.05) is 49.2 Å². The fourth-order valence-electron chi connectivity index (χ4n) is 3.20. The summed E-state index contributed by atoms with van der Waals surface area (Å²) in [5.41, 5.74) is 9.83. The third-order valence-corrected chi connectivity index (χ3v) is 4.92. The van der Waals surface area contributed by atoms with Crippen molar-refractivity contribution in [1.29, 1.82) is 5.26 Å². The highest BCUT2D eigenvalue weighted by atomic mass is 15.3. The monoisotopic (exact) mass is 363 g/mol. The highest BCUT2D eigenvalue weighted by molar-refractivity contribution is 5.76. The van der Waals surface area contributed by atoms with Crippen LogP contribution in [0.1, 0.15) is 37.5 Å². The van der Waals surface area contributed by atoms with Gasteiger partial charge in [0.25, 0.3) is 0 Å². The van der Waals surface area contributed by atoms with Crippen LogP contribution in [0.2, 0.25) is 0 Å². The van der Waals surface area contributed by atoms with Gasteiger partial charge in [-0.1, -0.05) is 18.4 Å². The molecule has 0 unspecified atom stereocenters. The minimum absolute atomic E-state index is 0.241. The average Bonchev–Trinajstić information content (AvgIpc) is 2.62. The maximum absolute atomic E-state index is 8.84. The molecule has 1 fully saturated rings. The minimum atomic E-state index is -0.241. The lowest BCUT2D eigenvalue weighted by Crippen LogP contribution is -2.54. The first kappa shape index (κ1) is 20.7. The van der Waals surface area contributed by atoms with E-state index in [0.29, 0.717) is 12.2 Å². The van der Waals surface area contributed by atoms with Gasteiger partial charge < -0.3 is 5.73 Å². The molecule has 1 heterocycles. The van der Waals surface area contributed by atoms with Crippen molar-refractivity contribution in [3.63, 3.8) is 0 Å². The summed E-state index contributed by atoms with van der Waals surface area (Å²) in [5.74, 6) is 6.79. The molecule has 1 aromatic carbocycles. The van der Waals surface area contributed by atoms with E-state index in [-0.39, 0.29) is 5.54 Å². The van der Waals surface area contributed by atoms with E-state index in [0.717, 1.165) is 48.6 Å². The van der Waals surface area contributed by atoms with Crippen molar-refractivity contribution < 1.29 is 0 Å². The molecular weight excluding hydrogens is 334 g/mol. The molecule has 2 rings (SSSR count). The molecule has 2 N–H and O–H groups in total. The number of aryl methyl sites for hydroxylation is 1. The third-order valence-electron chi connectivity index (χ3n) is 4.92. The quantitative estimate of drug-likeness (QED) is 0.507. The third kappa shape index (κ3) is 5.20. The first-order chi connectivity index (χ1) is 12.8. The fourth-order valence-corrected chi connectivity index (χ4v) is 3.20. The molecule has 1 aliphatic heterocycles. The van der Waals surface area contributed by atoms with Crippen molar-refractivity contribution in [3.05, 3.63) is 35.4 Å². The Hall–Kier alpha value is -2.60. The molecule has 0 atom stereocenters. The second-order valence-corrected chi connectivity index (χ2v) is 7.33. The normalized spacial score (nSPS) is 16.0. The Morgan fingerprint density at radius 1 is 1.33 bits per heavy atom. The van der Waals surface area contributed by atoms with Crippen LogP contribution in [-0.2, 0) is 0 Å². The van der Waals surface area contributed by atoms with Crippen molar-refractivity contribution in [2.24, 2.45) is 10.7 Å². The van der Waals surface area contributed by atoms with Crippen LogP contribution in [0.3, 0.4) is 0 Å². The number of nitriles is 1. The van der Waals surface area contributed by atoms with Gasteiger partial charge in [0.15, 0.2) is 0 Å². The van der Waals surface area contributed by atoms with Crippen LogP contribution in [-0.4, -0.2) is 54.3 Å². The van der Waals surface area contributed by atoms with Crippen LogP contribution in [0.4, 0.5) is 5.69 Å². The van der Waals surface area contributed by atoms with Crippen molar-refractivity contribution in [1.82, 2.24) is 9.80 Å². The predicted molar refractivity (Wildman–Crippen MR) is 113 cm³/mol. The summed E-state index contributed by atoms with van der Waals surface area (Å²) in [6, 6.07) is 6.21. The van der Waals surface area contributed by atoms with Gasteiger partial charge >= 0.3 is 0 Å². The molecular formula is C22H29N5. The first-order valence-electron chi connectivity index (χ1n) is 9.24. The Labute approximate surface area is 163 Å². The largest absolute Gasteiger partial charge is 0.399 e. The molecule has 0 aliphatic carbocycles. The molecule has 5 heteroatoms. The number of benzene rings is 1. The number of hydrogen-bond donors (Lipinski definition) is 1. The van der Waals surface area contributed by atoms with E-state index in [4.69, 9.17) is 11.0 Å². The predicted octanol–water partition coefficient (Wildman–Crippen LogP) is 2.92. The molecule has 0 radical (unpaired) electrons. The number of hydrogen-bond acceptors (Lipinski definition) is 5. The number of rotatable bonds is 4. The van der Waals surface area contributed by atoms with Crippen LogP contribution in [0.15, 0.2) is 23.7 Å². The van der Waals surface area contributed by atoms with E-state index in [9.17, 15) is 0 Å². The zero-order valence-corrected chi connectivity index (χ0v) is 16.8. The van der Waals surface area contributed by atoms with Gasteiger partial charge in [-0.3, -0.25) is 14.8 Å². The van der Waals surface area contributed by atoms with Crippen LogP contribution < -0.4 is 5.73 Å². The topological polar surface area (TPSA) is 68.7 Å². The summed E-state index contributed by atoms with van der Waals surface area (Å²) >= 11 is 0. The summed E-state index contributed by atoms with van der Waals surface area (Å²) in [6.45, 7) is 16.2. The molecule has 142 valence electrons. The zero-order chi connectivity index (χ0) is 20.0. The molecule has 27 heavy (non-hydrogen) atoms. The number of nitrogens with two attached hydrogens (primary N) is 1. The van der Waals surface area contributed by atoms with Crippen LogP contribution >= 0.6 is 0 Å². The SMILES string of the molecule is C=C(N)c1cc(C)c(C#CC(C)(C)N2CCN(CC#N)CC2)cc1N=CC. The van der Waals surface area contributed by atoms with Crippen molar-refractivity contribution in [3.8, 4) is 17.9 Å². The van der Waals surface area contributed by atoms with E-state index < -0.39 is 0 Å². The van der Waals surface area contributed by atoms with E-state index >= 15 is 0 Å². The van der Waals surface area contributed by atoms with Gasteiger partial charge in [0.1, 0.15) is 0 Å². The molecule has 0 saturated carbocycles. The molecule has 0 aromatic heterocycles. The smallest absolute Gasteiger partial charge is 0.0866 e. The summed E-state index contributed by atoms with van der Waals surface area (Å²) in [5, 5.41) is 8.84. The molecule has 5 nitrogen and oxygen atoms in total. The fraction of sp³-hybridized carbons (Fsp3) is 0.455. The molecule has 1 aromatic rings. The Kier molecular flexibility index (Phi) is 6.80. The van der Waals surface area contributed by atoms with Gasteiger partial charge in [-0.25, -0.2) is 0 Å². The second-order valence-electron chi connectivity index (χ2n) is 7.33. The first-order valence-corrected chi connectivity index (χ1v) is 9.24. The molecule has 1 aliphatic rings. The van der Waals surface area contributed by atoms with Crippen LogP contribution in [0.25, 0.3) is 5.70 Å². The molecule has 0 spiro atoms. The maximum atomic E-state index is 8.84. The Balaban J connectivity index is 2.24. The molecule has 0 bridgehead atoms. The Morgan fingerprint density at radius 3 is 2.56 bits per heavy atom. The lowest BCUT2D eigenvalue weighted by Gasteiger charge is -2.40. The number of piperazine rings is 1. The summed E-state index contributed by atoms with van der Waals surface area (Å²) in [4.78, 5) is 8.97. The van der Waals surface area contributed by atoms with Crippen LogP contribution in [0, 0.1) is 30.1 Å². The molecule has 0 amide bonds. The van der Waals surface area contributed by atoms with Gasteiger partial charge in [-0.15, -0.1) is 0 Å². The summed E-state index contributed by atoms with van der Waals surface area (Å²) < 4.78 is 0. The lowest BCUT2D eigenvalue weighted by atomic mass is 9.98. The highest BCUT2D eigenvalue weighted by Gasteiger charge is 2.28. The van der Waals surface area contributed by atoms with E-state index in [1.807, 2.05) is 26.0 Å². The lowest BCUT2D eigenvalue weighted by molar-refractivity contribution is 0.0881.